The first-order valence-electron chi connectivity index (χ1n) is 10.3. The van der Waals surface area contributed by atoms with Gasteiger partial charge in [0.05, 0.1) is 24.5 Å². The Labute approximate surface area is 178 Å². The molecule has 1 amide bonds. The molecule has 0 aliphatic carbocycles. The molecule has 4 nitrogen and oxygen atoms in total. The predicted octanol–water partition coefficient (Wildman–Crippen LogP) is 5.26. The Bertz CT molecular complexity index is 965. The van der Waals surface area contributed by atoms with Gasteiger partial charge in [-0.1, -0.05) is 51.5 Å². The highest BCUT2D eigenvalue weighted by Crippen LogP contribution is 2.41. The molecule has 30 heavy (non-hydrogen) atoms. The Kier molecular flexibility index (Phi) is 6.18. The number of alkyl halides is 2. The number of imidazole rings is 1. The van der Waals surface area contributed by atoms with Gasteiger partial charge < -0.3 is 9.88 Å². The molecule has 1 N–H and O–H groups in total. The number of hydrogen-bond acceptors (Lipinski definition) is 2. The molecule has 0 saturated carbocycles. The van der Waals surface area contributed by atoms with Gasteiger partial charge in [-0.3, -0.25) is 4.79 Å². The standard InChI is InChI=1S/C23H29F2N3OSi/c1-16(2)12-21(29)28-15-23(24,25)13-20(28)22-26-14-19(27-22)18-8-6-17(7-9-18)10-11-30(3,4)5/h6-9,14,16,20H,12-13,15H2,1-5H3,(H,26,27). The summed E-state index contributed by atoms with van der Waals surface area (Å²) in [5, 5.41) is 0. The van der Waals surface area contributed by atoms with Crippen LogP contribution in [-0.4, -0.2) is 41.3 Å². The average molecular weight is 430 g/mol. The zero-order chi connectivity index (χ0) is 22.1. The minimum absolute atomic E-state index is 0.113. The molecule has 1 unspecified atom stereocenters. The van der Waals surface area contributed by atoms with Gasteiger partial charge in [-0.2, -0.15) is 0 Å². The fraction of sp³-hybridized carbons (Fsp3) is 0.478. The Morgan fingerprint density at radius 3 is 2.57 bits per heavy atom. The van der Waals surface area contributed by atoms with Crippen LogP contribution in [0.25, 0.3) is 11.3 Å². The molecule has 1 aromatic heterocycles. The number of amides is 1. The molecule has 0 bridgehead atoms. The number of rotatable bonds is 4. The second-order valence-electron chi connectivity index (χ2n) is 9.45. The maximum absolute atomic E-state index is 14.1. The third kappa shape index (κ3) is 5.57. The summed E-state index contributed by atoms with van der Waals surface area (Å²) in [6, 6.07) is 7.05. The van der Waals surface area contributed by atoms with Crippen molar-refractivity contribution in [2.45, 2.75) is 58.3 Å². The molecule has 3 rings (SSSR count). The van der Waals surface area contributed by atoms with E-state index in [9.17, 15) is 13.6 Å². The summed E-state index contributed by atoms with van der Waals surface area (Å²) in [7, 11) is -1.44. The van der Waals surface area contributed by atoms with Crippen molar-refractivity contribution in [2.75, 3.05) is 6.54 Å². The van der Waals surface area contributed by atoms with Crippen LogP contribution in [0.1, 0.15) is 44.1 Å². The summed E-state index contributed by atoms with van der Waals surface area (Å²) >= 11 is 0. The van der Waals surface area contributed by atoms with E-state index in [1.165, 1.54) is 4.90 Å². The molecule has 2 aromatic rings. The molecule has 1 aromatic carbocycles. The van der Waals surface area contributed by atoms with Gasteiger partial charge in [-0.05, 0) is 23.6 Å². The highest BCUT2D eigenvalue weighted by molar-refractivity contribution is 6.83. The summed E-state index contributed by atoms with van der Waals surface area (Å²) in [6.45, 7) is 9.85. The van der Waals surface area contributed by atoms with Crippen LogP contribution >= 0.6 is 0 Å². The summed E-state index contributed by atoms with van der Waals surface area (Å²) < 4.78 is 28.2. The summed E-state index contributed by atoms with van der Waals surface area (Å²) in [6.07, 6.45) is 1.48. The van der Waals surface area contributed by atoms with Crippen molar-refractivity contribution in [1.82, 2.24) is 14.9 Å². The lowest BCUT2D eigenvalue weighted by Crippen LogP contribution is -2.34. The Hall–Kier alpha value is -2.46. The van der Waals surface area contributed by atoms with Crippen molar-refractivity contribution in [1.29, 1.82) is 0 Å². The van der Waals surface area contributed by atoms with Crippen LogP contribution in [-0.2, 0) is 4.79 Å². The van der Waals surface area contributed by atoms with E-state index in [0.29, 0.717) is 5.82 Å². The molecule has 2 heterocycles. The first kappa shape index (κ1) is 22.2. The van der Waals surface area contributed by atoms with Crippen molar-refractivity contribution in [2.24, 2.45) is 5.92 Å². The Morgan fingerprint density at radius 2 is 1.97 bits per heavy atom. The maximum Gasteiger partial charge on any atom is 0.267 e. The summed E-state index contributed by atoms with van der Waals surface area (Å²) in [4.78, 5) is 21.3. The zero-order valence-corrected chi connectivity index (χ0v) is 19.2. The predicted molar refractivity (Wildman–Crippen MR) is 118 cm³/mol. The lowest BCUT2D eigenvalue weighted by atomic mass is 10.1. The first-order chi connectivity index (χ1) is 13.9. The van der Waals surface area contributed by atoms with Crippen LogP contribution in [0.2, 0.25) is 19.6 Å². The number of H-pyrrole nitrogens is 1. The number of nitrogens with one attached hydrogen (secondary N) is 1. The normalized spacial score (nSPS) is 18.4. The number of likely N-dealkylation sites (tertiary alicyclic amines) is 1. The van der Waals surface area contributed by atoms with Gasteiger partial charge in [0.25, 0.3) is 5.92 Å². The third-order valence-electron chi connectivity index (χ3n) is 4.86. The van der Waals surface area contributed by atoms with Crippen molar-refractivity contribution >= 4 is 14.0 Å². The Balaban J connectivity index is 1.80. The number of nitrogens with zero attached hydrogens (tertiary/aromatic N) is 2. The van der Waals surface area contributed by atoms with E-state index in [1.807, 2.05) is 38.1 Å². The molecular weight excluding hydrogens is 400 g/mol. The van der Waals surface area contributed by atoms with E-state index >= 15 is 0 Å². The van der Waals surface area contributed by atoms with Crippen LogP contribution in [0.5, 0.6) is 0 Å². The molecule has 0 radical (unpaired) electrons. The molecule has 0 spiro atoms. The second kappa shape index (κ2) is 8.35. The van der Waals surface area contributed by atoms with E-state index in [2.05, 4.69) is 41.1 Å². The third-order valence-corrected chi connectivity index (χ3v) is 5.74. The van der Waals surface area contributed by atoms with E-state index in [1.54, 1.807) is 6.20 Å². The number of aromatic nitrogens is 2. The summed E-state index contributed by atoms with van der Waals surface area (Å²) in [5.74, 6) is 0.576. The second-order valence-corrected chi connectivity index (χ2v) is 14.2. The van der Waals surface area contributed by atoms with Crippen molar-refractivity contribution in [3.63, 3.8) is 0 Å². The number of benzene rings is 1. The fourth-order valence-electron chi connectivity index (χ4n) is 3.44. The first-order valence-corrected chi connectivity index (χ1v) is 13.8. The largest absolute Gasteiger partial charge is 0.340 e. The van der Waals surface area contributed by atoms with Gasteiger partial charge in [0, 0.05) is 18.4 Å². The molecule has 1 aliphatic heterocycles. The molecular formula is C23H29F2N3OSi. The van der Waals surface area contributed by atoms with Gasteiger partial charge in [0.15, 0.2) is 0 Å². The van der Waals surface area contributed by atoms with Gasteiger partial charge >= 0.3 is 0 Å². The molecule has 7 heteroatoms. The van der Waals surface area contributed by atoms with Gasteiger partial charge in [-0.25, -0.2) is 13.8 Å². The highest BCUT2D eigenvalue weighted by Gasteiger charge is 2.48. The van der Waals surface area contributed by atoms with E-state index in [4.69, 9.17) is 0 Å². The smallest absolute Gasteiger partial charge is 0.267 e. The summed E-state index contributed by atoms with van der Waals surface area (Å²) in [5.41, 5.74) is 5.92. The monoisotopic (exact) mass is 429 g/mol. The molecule has 160 valence electrons. The van der Waals surface area contributed by atoms with Gasteiger partial charge in [0.1, 0.15) is 13.9 Å². The van der Waals surface area contributed by atoms with Crippen molar-refractivity contribution < 1.29 is 13.6 Å². The fourth-order valence-corrected chi connectivity index (χ4v) is 3.95. The minimum atomic E-state index is -2.90. The Morgan fingerprint density at radius 1 is 1.30 bits per heavy atom. The van der Waals surface area contributed by atoms with Crippen LogP contribution in [0, 0.1) is 17.4 Å². The van der Waals surface area contributed by atoms with Gasteiger partial charge in [-0.15, -0.1) is 5.54 Å². The molecule has 1 saturated heterocycles. The van der Waals surface area contributed by atoms with Crippen molar-refractivity contribution in [3.8, 4) is 22.7 Å². The van der Waals surface area contributed by atoms with E-state index < -0.39 is 33.0 Å². The minimum Gasteiger partial charge on any atom is -0.340 e. The number of carbonyl (C=O) groups excluding carboxylic acids is 1. The van der Waals surface area contributed by atoms with Crippen LogP contribution in [0.3, 0.4) is 0 Å². The lowest BCUT2D eigenvalue weighted by Gasteiger charge is -2.23. The van der Waals surface area contributed by atoms with E-state index in [-0.39, 0.29) is 18.2 Å². The SMILES string of the molecule is CC(C)CC(=O)N1CC(F)(F)CC1c1ncc(-c2ccc(C#C[Si](C)(C)C)cc2)[nH]1. The molecule has 1 fully saturated rings. The molecule has 1 atom stereocenters. The van der Waals surface area contributed by atoms with Crippen LogP contribution in [0.15, 0.2) is 30.5 Å². The molecule has 1 aliphatic rings. The lowest BCUT2D eigenvalue weighted by molar-refractivity contribution is -0.134. The average Bonchev–Trinajstić information content (AvgIpc) is 3.23. The highest BCUT2D eigenvalue weighted by atomic mass is 28.3. The van der Waals surface area contributed by atoms with Crippen LogP contribution < -0.4 is 0 Å². The number of carbonyl (C=O) groups is 1. The quantitative estimate of drug-likeness (QED) is 0.532. The number of halogens is 2. The number of hydrogen-bond donors (Lipinski definition) is 1. The zero-order valence-electron chi connectivity index (χ0n) is 18.2. The van der Waals surface area contributed by atoms with Crippen molar-refractivity contribution in [3.05, 3.63) is 41.9 Å². The number of aromatic amines is 1. The van der Waals surface area contributed by atoms with E-state index in [0.717, 1.165) is 16.8 Å². The van der Waals surface area contributed by atoms with Gasteiger partial charge in [0.2, 0.25) is 5.91 Å². The topological polar surface area (TPSA) is 49.0 Å². The van der Waals surface area contributed by atoms with Crippen LogP contribution in [0.4, 0.5) is 8.78 Å². The maximum atomic E-state index is 14.1.